The van der Waals surface area contributed by atoms with Crippen molar-refractivity contribution in [1.29, 1.82) is 5.26 Å². The maximum Gasteiger partial charge on any atom is 0.103 e. The van der Waals surface area contributed by atoms with Gasteiger partial charge in [0.05, 0.1) is 11.8 Å². The van der Waals surface area contributed by atoms with Crippen LogP contribution < -0.4 is 0 Å². The fourth-order valence-electron chi connectivity index (χ4n) is 0.278. The zero-order valence-corrected chi connectivity index (χ0v) is 3.47. The summed E-state index contributed by atoms with van der Waals surface area (Å²) in [7, 11) is 0. The van der Waals surface area contributed by atoms with E-state index in [1.54, 1.807) is 0 Å². The molecular formula is C4H2N3. The molecule has 0 bridgehead atoms. The standard InChI is InChI=1S/C4H2N3/c5-1-4-2-6-7-3-4/h2H,(H,6,7). The second-order valence-electron chi connectivity index (χ2n) is 1.02. The number of aromatic amines is 1. The average Bonchev–Trinajstić information content (AvgIpc) is 2.14. The molecule has 0 aliphatic heterocycles. The molecule has 0 spiro atoms. The Bertz CT molecular complexity index is 169. The molecule has 3 heteroatoms. The van der Waals surface area contributed by atoms with E-state index in [9.17, 15) is 0 Å². The van der Waals surface area contributed by atoms with Crippen LogP contribution in [0.25, 0.3) is 0 Å². The summed E-state index contributed by atoms with van der Waals surface area (Å²) in [6, 6.07) is 1.86. The molecule has 1 aromatic rings. The molecule has 0 amide bonds. The van der Waals surface area contributed by atoms with E-state index in [4.69, 9.17) is 5.26 Å². The summed E-state index contributed by atoms with van der Waals surface area (Å²) in [6.07, 6.45) is 3.91. The second kappa shape index (κ2) is 1.43. The van der Waals surface area contributed by atoms with Gasteiger partial charge in [0.2, 0.25) is 0 Å². The first kappa shape index (κ1) is 3.88. The molecule has 1 radical (unpaired) electrons. The summed E-state index contributed by atoms with van der Waals surface area (Å²) in [6.45, 7) is 0. The predicted octanol–water partition coefficient (Wildman–Crippen LogP) is 0.0816. The lowest BCUT2D eigenvalue weighted by molar-refractivity contribution is 1.08. The van der Waals surface area contributed by atoms with Crippen LogP contribution in [0.15, 0.2) is 6.20 Å². The largest absolute Gasteiger partial charge is 0.275 e. The van der Waals surface area contributed by atoms with Crippen LogP contribution in [-0.4, -0.2) is 10.2 Å². The van der Waals surface area contributed by atoms with Crippen molar-refractivity contribution in [2.45, 2.75) is 0 Å². The first-order valence-electron chi connectivity index (χ1n) is 1.74. The van der Waals surface area contributed by atoms with Crippen molar-refractivity contribution in [2.75, 3.05) is 0 Å². The third kappa shape index (κ3) is 0.578. The van der Waals surface area contributed by atoms with Crippen molar-refractivity contribution >= 4 is 0 Å². The van der Waals surface area contributed by atoms with Crippen LogP contribution in [0, 0.1) is 17.5 Å². The number of nitriles is 1. The van der Waals surface area contributed by atoms with Crippen molar-refractivity contribution in [3.05, 3.63) is 18.0 Å². The van der Waals surface area contributed by atoms with Gasteiger partial charge in [-0.15, -0.1) is 0 Å². The van der Waals surface area contributed by atoms with E-state index in [1.807, 2.05) is 6.07 Å². The minimum absolute atomic E-state index is 0.444. The third-order valence-electron chi connectivity index (χ3n) is 0.569. The Hall–Kier alpha value is -1.30. The molecule has 33 valence electrons. The Morgan fingerprint density at radius 2 is 2.86 bits per heavy atom. The Balaban J connectivity index is 3.04. The normalized spacial score (nSPS) is 7.86. The highest BCUT2D eigenvalue weighted by molar-refractivity contribution is 5.19. The molecule has 3 nitrogen and oxygen atoms in total. The SMILES string of the molecule is N#Cc1[c][nH]nc1. The third-order valence-corrected chi connectivity index (χ3v) is 0.569. The van der Waals surface area contributed by atoms with Crippen molar-refractivity contribution < 1.29 is 0 Å². The number of rotatable bonds is 0. The van der Waals surface area contributed by atoms with Crippen LogP contribution in [-0.2, 0) is 0 Å². The summed E-state index contributed by atoms with van der Waals surface area (Å²) in [4.78, 5) is 0. The Kier molecular flexibility index (Phi) is 0.794. The van der Waals surface area contributed by atoms with E-state index in [0.717, 1.165) is 0 Å². The fourth-order valence-corrected chi connectivity index (χ4v) is 0.278. The number of nitrogens with zero attached hydrogens (tertiary/aromatic N) is 2. The summed E-state index contributed by atoms with van der Waals surface area (Å²) >= 11 is 0. The fraction of sp³-hybridized carbons (Fsp3) is 0. The molecular weight excluding hydrogens is 90.1 g/mol. The van der Waals surface area contributed by atoms with Crippen molar-refractivity contribution in [3.63, 3.8) is 0 Å². The summed E-state index contributed by atoms with van der Waals surface area (Å²) < 4.78 is 0. The van der Waals surface area contributed by atoms with E-state index < -0.39 is 0 Å². The van der Waals surface area contributed by atoms with Crippen LogP contribution in [0.2, 0.25) is 0 Å². The van der Waals surface area contributed by atoms with Gasteiger partial charge in [-0.2, -0.15) is 10.4 Å². The molecule has 0 aromatic carbocycles. The van der Waals surface area contributed by atoms with Crippen molar-refractivity contribution in [1.82, 2.24) is 10.2 Å². The monoisotopic (exact) mass is 92.0 g/mol. The van der Waals surface area contributed by atoms with Crippen LogP contribution in [0.4, 0.5) is 0 Å². The lowest BCUT2D eigenvalue weighted by atomic mass is 10.4. The highest BCUT2D eigenvalue weighted by Crippen LogP contribution is 1.84. The molecule has 1 heterocycles. The van der Waals surface area contributed by atoms with Gasteiger partial charge in [0, 0.05) is 0 Å². The Morgan fingerprint density at radius 1 is 2.00 bits per heavy atom. The molecule has 1 aromatic heterocycles. The minimum Gasteiger partial charge on any atom is -0.275 e. The molecule has 0 aliphatic rings. The highest BCUT2D eigenvalue weighted by atomic mass is 15.1. The van der Waals surface area contributed by atoms with Crippen LogP contribution in [0.5, 0.6) is 0 Å². The maximum atomic E-state index is 8.09. The van der Waals surface area contributed by atoms with E-state index in [0.29, 0.717) is 5.56 Å². The summed E-state index contributed by atoms with van der Waals surface area (Å²) in [5.74, 6) is 0. The predicted molar refractivity (Wildman–Crippen MR) is 22.1 cm³/mol. The summed E-state index contributed by atoms with van der Waals surface area (Å²) in [5.41, 5.74) is 0.444. The van der Waals surface area contributed by atoms with Crippen LogP contribution in [0.3, 0.4) is 0 Å². The number of hydrogen-bond donors (Lipinski definition) is 1. The molecule has 0 saturated heterocycles. The topological polar surface area (TPSA) is 52.5 Å². The molecule has 0 saturated carbocycles. The Morgan fingerprint density at radius 3 is 3.14 bits per heavy atom. The minimum atomic E-state index is 0.444. The van der Waals surface area contributed by atoms with Gasteiger partial charge in [-0.25, -0.2) is 0 Å². The van der Waals surface area contributed by atoms with E-state index in [1.165, 1.54) is 6.20 Å². The van der Waals surface area contributed by atoms with Gasteiger partial charge in [0.25, 0.3) is 0 Å². The second-order valence-corrected chi connectivity index (χ2v) is 1.02. The van der Waals surface area contributed by atoms with Gasteiger partial charge < -0.3 is 0 Å². The molecule has 1 rings (SSSR count). The molecule has 0 aliphatic carbocycles. The quantitative estimate of drug-likeness (QED) is 0.492. The first-order chi connectivity index (χ1) is 3.43. The van der Waals surface area contributed by atoms with Gasteiger partial charge in [0.1, 0.15) is 12.3 Å². The van der Waals surface area contributed by atoms with Crippen molar-refractivity contribution in [3.8, 4) is 6.07 Å². The molecule has 7 heavy (non-hydrogen) atoms. The van der Waals surface area contributed by atoms with E-state index in [-0.39, 0.29) is 0 Å². The van der Waals surface area contributed by atoms with Gasteiger partial charge in [0.15, 0.2) is 0 Å². The Labute approximate surface area is 40.6 Å². The van der Waals surface area contributed by atoms with E-state index >= 15 is 0 Å². The average molecular weight is 92.1 g/mol. The maximum absolute atomic E-state index is 8.09. The van der Waals surface area contributed by atoms with Crippen LogP contribution in [0.1, 0.15) is 5.56 Å². The highest BCUT2D eigenvalue weighted by Gasteiger charge is 1.84. The number of nitrogens with one attached hydrogen (secondary N) is 1. The smallest absolute Gasteiger partial charge is 0.103 e. The molecule has 0 atom stereocenters. The molecule has 0 fully saturated rings. The molecule has 0 unspecified atom stereocenters. The van der Waals surface area contributed by atoms with Gasteiger partial charge in [-0.3, -0.25) is 5.10 Å². The lowest BCUT2D eigenvalue weighted by Crippen LogP contribution is -1.57. The van der Waals surface area contributed by atoms with E-state index in [2.05, 4.69) is 16.4 Å². The first-order valence-corrected chi connectivity index (χ1v) is 1.74. The van der Waals surface area contributed by atoms with Gasteiger partial charge in [-0.05, 0) is 0 Å². The van der Waals surface area contributed by atoms with Crippen molar-refractivity contribution in [2.24, 2.45) is 0 Å². The van der Waals surface area contributed by atoms with Gasteiger partial charge in [-0.1, -0.05) is 0 Å². The van der Waals surface area contributed by atoms with Gasteiger partial charge >= 0.3 is 0 Å². The summed E-state index contributed by atoms with van der Waals surface area (Å²) in [5, 5.41) is 14.0. The number of H-pyrrole nitrogens is 1. The zero-order valence-electron chi connectivity index (χ0n) is 3.47. The zero-order chi connectivity index (χ0) is 5.11. The van der Waals surface area contributed by atoms with Crippen LogP contribution >= 0.6 is 0 Å². The number of aromatic nitrogens is 2. The molecule has 1 N–H and O–H groups in total. The number of hydrogen-bond acceptors (Lipinski definition) is 2. The lowest BCUT2D eigenvalue weighted by Gasteiger charge is -1.58.